The van der Waals surface area contributed by atoms with Crippen LogP contribution < -0.4 is 0 Å². The lowest BCUT2D eigenvalue weighted by molar-refractivity contribution is -0.134. The first kappa shape index (κ1) is 13.9. The number of carbonyl (C=O) groups is 1. The highest BCUT2D eigenvalue weighted by atomic mass is 28.3. The molecular formula is C7H16O4Si. The summed E-state index contributed by atoms with van der Waals surface area (Å²) in [4.78, 5) is 10.2. The maximum atomic E-state index is 10.2. The van der Waals surface area contributed by atoms with Gasteiger partial charge in [0.25, 0.3) is 5.97 Å². The van der Waals surface area contributed by atoms with Crippen LogP contribution in [0.25, 0.3) is 0 Å². The maximum absolute atomic E-state index is 10.2. The molecular weight excluding hydrogens is 176 g/mol. The first-order chi connectivity index (χ1) is 5.66. The van der Waals surface area contributed by atoms with Gasteiger partial charge in [0.15, 0.2) is 0 Å². The number of hydrogen-bond acceptors (Lipinski definition) is 4. The number of carbonyl (C=O) groups excluding carboxylic acids is 1. The molecule has 0 aromatic rings. The minimum absolute atomic E-state index is 0.272. The van der Waals surface area contributed by atoms with Gasteiger partial charge in [-0.05, 0) is 6.92 Å². The van der Waals surface area contributed by atoms with Crippen molar-refractivity contribution in [2.75, 3.05) is 7.11 Å². The summed E-state index contributed by atoms with van der Waals surface area (Å²) in [5, 5.41) is 0. The van der Waals surface area contributed by atoms with E-state index < -0.39 is 10.0 Å². The van der Waals surface area contributed by atoms with Gasteiger partial charge in [0.2, 0.25) is 0 Å². The lowest BCUT2D eigenvalue weighted by atomic mass is 10.8. The third-order valence-corrected chi connectivity index (χ3v) is 2.03. The van der Waals surface area contributed by atoms with Crippen LogP contribution in [0, 0.1) is 0 Å². The second kappa shape index (κ2) is 10.3. The Morgan fingerprint density at radius 1 is 1.50 bits per heavy atom. The van der Waals surface area contributed by atoms with Gasteiger partial charge in [-0.1, -0.05) is 0 Å². The largest absolute Gasteiger partial charge is 0.499 e. The van der Waals surface area contributed by atoms with E-state index in [4.69, 9.17) is 9.16 Å². The molecule has 0 aliphatic rings. The highest BCUT2D eigenvalue weighted by molar-refractivity contribution is 6.22. The highest BCUT2D eigenvalue weighted by Gasteiger charge is 1.99. The van der Waals surface area contributed by atoms with Gasteiger partial charge < -0.3 is 13.6 Å². The molecule has 4 nitrogen and oxygen atoms in total. The van der Waals surface area contributed by atoms with Crippen molar-refractivity contribution in [1.82, 2.24) is 0 Å². The Morgan fingerprint density at radius 3 is 2.33 bits per heavy atom. The molecule has 72 valence electrons. The second-order valence-electron chi connectivity index (χ2n) is 1.72. The number of ether oxygens (including phenoxy) is 1. The fourth-order valence-corrected chi connectivity index (χ4v) is 0.843. The summed E-state index contributed by atoms with van der Waals surface area (Å²) < 4.78 is 14.3. The topological polar surface area (TPSA) is 44.8 Å². The monoisotopic (exact) mass is 192 g/mol. The summed E-state index contributed by atoms with van der Waals surface area (Å²) >= 11 is 0. The van der Waals surface area contributed by atoms with E-state index in [0.717, 1.165) is 0 Å². The Labute approximate surface area is 75.6 Å². The third kappa shape index (κ3) is 12.1. The summed E-state index contributed by atoms with van der Waals surface area (Å²) in [6.45, 7) is 9.10. The van der Waals surface area contributed by atoms with E-state index in [1.54, 1.807) is 6.92 Å². The van der Waals surface area contributed by atoms with Crippen LogP contribution in [0.5, 0.6) is 0 Å². The van der Waals surface area contributed by atoms with Gasteiger partial charge in [0.1, 0.15) is 6.29 Å². The van der Waals surface area contributed by atoms with E-state index in [2.05, 4.69) is 17.6 Å². The van der Waals surface area contributed by atoms with Crippen LogP contribution in [-0.4, -0.2) is 29.4 Å². The molecule has 0 radical (unpaired) electrons. The lowest BCUT2D eigenvalue weighted by Crippen LogP contribution is -2.17. The SMILES string of the molecule is C=C.COC(C)O[SiH2]OC(C)=O. The van der Waals surface area contributed by atoms with Crippen LogP contribution in [0.15, 0.2) is 13.2 Å². The minimum Gasteiger partial charge on any atom is -0.499 e. The van der Waals surface area contributed by atoms with Gasteiger partial charge >= 0.3 is 10.0 Å². The molecule has 0 aliphatic carbocycles. The molecule has 5 heteroatoms. The Bertz CT molecular complexity index is 118. The summed E-state index contributed by atoms with van der Waals surface area (Å²) in [7, 11) is 0.365. The maximum Gasteiger partial charge on any atom is 0.370 e. The van der Waals surface area contributed by atoms with E-state index in [-0.39, 0.29) is 12.3 Å². The molecule has 0 bridgehead atoms. The molecule has 0 heterocycles. The smallest absolute Gasteiger partial charge is 0.370 e. The van der Waals surface area contributed by atoms with E-state index in [1.165, 1.54) is 14.0 Å². The molecule has 0 aliphatic heterocycles. The minimum atomic E-state index is -1.17. The van der Waals surface area contributed by atoms with Crippen molar-refractivity contribution >= 4 is 16.0 Å². The molecule has 0 aromatic heterocycles. The van der Waals surface area contributed by atoms with Crippen LogP contribution in [0.4, 0.5) is 0 Å². The molecule has 0 saturated carbocycles. The Balaban J connectivity index is 0. The van der Waals surface area contributed by atoms with Crippen molar-refractivity contribution < 1.29 is 18.4 Å². The van der Waals surface area contributed by atoms with Crippen LogP contribution in [0.3, 0.4) is 0 Å². The number of rotatable bonds is 4. The molecule has 12 heavy (non-hydrogen) atoms. The standard InChI is InChI=1S/C5H12O4Si.C2H4/c1-4(6)8-10-9-5(2)7-3;1-2/h5H,10H2,1-3H3;1-2H2. The van der Waals surface area contributed by atoms with Crippen molar-refractivity contribution in [3.63, 3.8) is 0 Å². The van der Waals surface area contributed by atoms with Crippen molar-refractivity contribution in [3.8, 4) is 0 Å². The van der Waals surface area contributed by atoms with Gasteiger partial charge in [0, 0.05) is 14.0 Å². The van der Waals surface area contributed by atoms with Crippen LogP contribution in [-0.2, 0) is 18.4 Å². The Hall–Kier alpha value is -0.653. The van der Waals surface area contributed by atoms with Crippen molar-refractivity contribution in [2.24, 2.45) is 0 Å². The molecule has 0 rings (SSSR count). The fraction of sp³-hybridized carbons (Fsp3) is 0.571. The van der Waals surface area contributed by atoms with Crippen LogP contribution in [0.2, 0.25) is 0 Å². The molecule has 1 unspecified atom stereocenters. The fourth-order valence-electron chi connectivity index (χ4n) is 0.281. The molecule has 0 fully saturated rings. The van der Waals surface area contributed by atoms with Gasteiger partial charge in [-0.15, -0.1) is 13.2 Å². The zero-order valence-electron chi connectivity index (χ0n) is 7.83. The summed E-state index contributed by atoms with van der Waals surface area (Å²) in [6.07, 6.45) is -0.272. The van der Waals surface area contributed by atoms with Gasteiger partial charge in [-0.2, -0.15) is 0 Å². The normalized spacial score (nSPS) is 11.9. The predicted octanol–water partition coefficient (Wildman–Crippen LogP) is 0.360. The quantitative estimate of drug-likeness (QED) is 0.366. The second-order valence-corrected chi connectivity index (χ2v) is 2.58. The molecule has 0 aromatic carbocycles. The summed E-state index contributed by atoms with van der Waals surface area (Å²) in [5.74, 6) is -0.296. The van der Waals surface area contributed by atoms with Crippen LogP contribution >= 0.6 is 0 Å². The Kier molecular flexibility index (Phi) is 12.0. The van der Waals surface area contributed by atoms with Gasteiger partial charge in [0.05, 0.1) is 0 Å². The average molecular weight is 192 g/mol. The third-order valence-electron chi connectivity index (χ3n) is 0.897. The van der Waals surface area contributed by atoms with Gasteiger partial charge in [-0.25, -0.2) is 0 Å². The first-order valence-corrected chi connectivity index (χ1v) is 4.60. The van der Waals surface area contributed by atoms with Crippen molar-refractivity contribution in [2.45, 2.75) is 20.1 Å². The number of hydrogen-bond donors (Lipinski definition) is 0. The summed E-state index contributed by atoms with van der Waals surface area (Å²) in [6, 6.07) is 0. The van der Waals surface area contributed by atoms with E-state index in [1.807, 2.05) is 0 Å². The molecule has 1 atom stereocenters. The van der Waals surface area contributed by atoms with Crippen molar-refractivity contribution in [3.05, 3.63) is 13.2 Å². The lowest BCUT2D eigenvalue weighted by Gasteiger charge is -2.09. The van der Waals surface area contributed by atoms with Crippen molar-refractivity contribution in [1.29, 1.82) is 0 Å². The average Bonchev–Trinajstić information content (AvgIpc) is 2.07. The molecule has 0 saturated heterocycles. The predicted molar refractivity (Wildman–Crippen MR) is 49.1 cm³/mol. The first-order valence-electron chi connectivity index (χ1n) is 3.44. The molecule has 0 spiro atoms. The molecule has 0 N–H and O–H groups in total. The van der Waals surface area contributed by atoms with E-state index in [9.17, 15) is 4.79 Å². The zero-order chi connectivity index (χ0) is 9.98. The Morgan fingerprint density at radius 2 is 2.00 bits per heavy atom. The van der Waals surface area contributed by atoms with E-state index in [0.29, 0.717) is 0 Å². The molecule has 0 amide bonds. The zero-order valence-corrected chi connectivity index (χ0v) is 9.25. The van der Waals surface area contributed by atoms with Gasteiger partial charge in [-0.3, -0.25) is 4.79 Å². The summed E-state index contributed by atoms with van der Waals surface area (Å²) in [5.41, 5.74) is 0. The van der Waals surface area contributed by atoms with E-state index >= 15 is 0 Å². The number of methoxy groups -OCH3 is 1. The van der Waals surface area contributed by atoms with Crippen LogP contribution in [0.1, 0.15) is 13.8 Å². The highest BCUT2D eigenvalue weighted by Crippen LogP contribution is 1.88.